The van der Waals surface area contributed by atoms with Gasteiger partial charge in [0.25, 0.3) is 0 Å². The maximum Gasteiger partial charge on any atom is 0.339 e. The Balaban J connectivity index is 2.17. The van der Waals surface area contributed by atoms with Crippen LogP contribution in [0.25, 0.3) is 0 Å². The van der Waals surface area contributed by atoms with Crippen molar-refractivity contribution in [1.82, 2.24) is 0 Å². The fourth-order valence-corrected chi connectivity index (χ4v) is 1.87. The molecule has 0 radical (unpaired) electrons. The lowest BCUT2D eigenvalue weighted by atomic mass is 10.2. The Bertz CT molecular complexity index is 437. The summed E-state index contributed by atoms with van der Waals surface area (Å²) in [5.41, 5.74) is 0.149. The van der Waals surface area contributed by atoms with E-state index in [1.807, 2.05) is 6.92 Å². The van der Waals surface area contributed by atoms with Gasteiger partial charge in [0.1, 0.15) is 23.2 Å². The zero-order chi connectivity index (χ0) is 13.7. The molecule has 0 aliphatic carbocycles. The highest BCUT2D eigenvalue weighted by molar-refractivity contribution is 5.91. The first-order chi connectivity index (χ1) is 9.20. The third-order valence-electron chi connectivity index (χ3n) is 2.84. The van der Waals surface area contributed by atoms with Gasteiger partial charge in [0.05, 0.1) is 19.8 Å². The second-order valence-electron chi connectivity index (χ2n) is 4.42. The molecule has 1 aliphatic rings. The first-order valence-electron chi connectivity index (χ1n) is 6.45. The molecule has 104 valence electrons. The molecular formula is C14H18O5. The van der Waals surface area contributed by atoms with Crippen molar-refractivity contribution in [3.05, 3.63) is 23.8 Å². The quantitative estimate of drug-likeness (QED) is 0.856. The van der Waals surface area contributed by atoms with Gasteiger partial charge in [-0.1, -0.05) is 6.92 Å². The number of hydrogen-bond donors (Lipinski definition) is 1. The molecule has 1 N–H and O–H groups in total. The van der Waals surface area contributed by atoms with Gasteiger partial charge in [-0.25, -0.2) is 4.79 Å². The Morgan fingerprint density at radius 2 is 2.37 bits per heavy atom. The van der Waals surface area contributed by atoms with Crippen LogP contribution in [0.5, 0.6) is 11.5 Å². The Hall–Kier alpha value is -1.75. The van der Waals surface area contributed by atoms with Crippen molar-refractivity contribution in [1.29, 1.82) is 0 Å². The molecule has 0 aromatic heterocycles. The van der Waals surface area contributed by atoms with Gasteiger partial charge in [-0.15, -0.1) is 0 Å². The van der Waals surface area contributed by atoms with E-state index in [0.29, 0.717) is 31.3 Å². The molecule has 1 heterocycles. The van der Waals surface area contributed by atoms with E-state index >= 15 is 0 Å². The normalized spacial score (nSPS) is 18.3. The van der Waals surface area contributed by atoms with Crippen molar-refractivity contribution < 1.29 is 24.1 Å². The van der Waals surface area contributed by atoms with E-state index in [0.717, 1.165) is 12.8 Å². The highest BCUT2D eigenvalue weighted by atomic mass is 16.5. The summed E-state index contributed by atoms with van der Waals surface area (Å²) in [5.74, 6) is -0.0340. The third kappa shape index (κ3) is 3.61. The Morgan fingerprint density at radius 3 is 3.00 bits per heavy atom. The van der Waals surface area contributed by atoms with Gasteiger partial charge in [-0.05, 0) is 18.6 Å². The van der Waals surface area contributed by atoms with E-state index in [4.69, 9.17) is 19.3 Å². The SMILES string of the molecule is CCCOc1ccc(C(=O)O)c(OC2CCOC2)c1. The second kappa shape index (κ2) is 6.43. The monoisotopic (exact) mass is 266 g/mol. The van der Waals surface area contributed by atoms with Gasteiger partial charge in [-0.2, -0.15) is 0 Å². The van der Waals surface area contributed by atoms with Crippen molar-refractivity contribution in [3.8, 4) is 11.5 Å². The van der Waals surface area contributed by atoms with Crippen LogP contribution in [-0.2, 0) is 4.74 Å². The van der Waals surface area contributed by atoms with Crippen molar-refractivity contribution >= 4 is 5.97 Å². The number of carboxylic acid groups (broad SMARTS) is 1. The second-order valence-corrected chi connectivity index (χ2v) is 4.42. The van der Waals surface area contributed by atoms with E-state index < -0.39 is 5.97 Å². The first-order valence-corrected chi connectivity index (χ1v) is 6.45. The Morgan fingerprint density at radius 1 is 1.53 bits per heavy atom. The lowest BCUT2D eigenvalue weighted by Crippen LogP contribution is -2.17. The van der Waals surface area contributed by atoms with Crippen LogP contribution in [-0.4, -0.2) is 37.0 Å². The molecular weight excluding hydrogens is 248 g/mol. The largest absolute Gasteiger partial charge is 0.493 e. The minimum absolute atomic E-state index is 0.0838. The lowest BCUT2D eigenvalue weighted by Gasteiger charge is -2.15. The molecule has 1 aliphatic heterocycles. The summed E-state index contributed by atoms with van der Waals surface area (Å²) in [6, 6.07) is 4.80. The number of carbonyl (C=O) groups is 1. The molecule has 0 saturated carbocycles. The minimum atomic E-state index is -1.00. The van der Waals surface area contributed by atoms with Crippen LogP contribution in [0.1, 0.15) is 30.1 Å². The van der Waals surface area contributed by atoms with Crippen LogP contribution >= 0.6 is 0 Å². The van der Waals surface area contributed by atoms with Crippen molar-refractivity contribution in [2.24, 2.45) is 0 Å². The molecule has 0 bridgehead atoms. The fourth-order valence-electron chi connectivity index (χ4n) is 1.87. The van der Waals surface area contributed by atoms with Crippen LogP contribution in [0.3, 0.4) is 0 Å². The topological polar surface area (TPSA) is 65.0 Å². The molecule has 19 heavy (non-hydrogen) atoms. The van der Waals surface area contributed by atoms with E-state index in [1.165, 1.54) is 6.07 Å². The fraction of sp³-hybridized carbons (Fsp3) is 0.500. The number of benzene rings is 1. The highest BCUT2D eigenvalue weighted by Crippen LogP contribution is 2.27. The van der Waals surface area contributed by atoms with Gasteiger partial charge in [-0.3, -0.25) is 0 Å². The van der Waals surface area contributed by atoms with Gasteiger partial charge >= 0.3 is 5.97 Å². The Kier molecular flexibility index (Phi) is 4.63. The highest BCUT2D eigenvalue weighted by Gasteiger charge is 2.21. The minimum Gasteiger partial charge on any atom is -0.493 e. The Labute approximate surface area is 112 Å². The van der Waals surface area contributed by atoms with Crippen LogP contribution in [0.15, 0.2) is 18.2 Å². The van der Waals surface area contributed by atoms with Crippen molar-refractivity contribution in [3.63, 3.8) is 0 Å². The van der Waals surface area contributed by atoms with Gasteiger partial charge in [0, 0.05) is 12.5 Å². The first kappa shape index (κ1) is 13.7. The maximum absolute atomic E-state index is 11.2. The van der Waals surface area contributed by atoms with Crippen LogP contribution < -0.4 is 9.47 Å². The molecule has 2 rings (SSSR count). The molecule has 5 nitrogen and oxygen atoms in total. The molecule has 1 unspecified atom stereocenters. The standard InChI is InChI=1S/C14H18O5/c1-2-6-18-10-3-4-12(14(15)16)13(8-10)19-11-5-7-17-9-11/h3-4,8,11H,2,5-7,9H2,1H3,(H,15,16). The smallest absolute Gasteiger partial charge is 0.339 e. The summed E-state index contributed by atoms with van der Waals surface area (Å²) in [4.78, 5) is 11.2. The number of rotatable bonds is 6. The number of carboxylic acids is 1. The van der Waals surface area contributed by atoms with E-state index in [9.17, 15) is 4.79 Å². The molecule has 0 spiro atoms. The lowest BCUT2D eigenvalue weighted by molar-refractivity contribution is 0.0687. The molecule has 1 aromatic carbocycles. The van der Waals surface area contributed by atoms with E-state index in [-0.39, 0.29) is 11.7 Å². The van der Waals surface area contributed by atoms with Gasteiger partial charge in [0.2, 0.25) is 0 Å². The predicted octanol–water partition coefficient (Wildman–Crippen LogP) is 2.34. The summed E-state index contributed by atoms with van der Waals surface area (Å²) in [6.45, 7) is 3.76. The molecule has 1 saturated heterocycles. The molecule has 1 aromatic rings. The molecule has 1 fully saturated rings. The zero-order valence-electron chi connectivity index (χ0n) is 10.9. The summed E-state index contributed by atoms with van der Waals surface area (Å²) in [5, 5.41) is 9.15. The van der Waals surface area contributed by atoms with Crippen molar-refractivity contribution in [2.75, 3.05) is 19.8 Å². The average molecular weight is 266 g/mol. The number of hydrogen-bond acceptors (Lipinski definition) is 4. The number of ether oxygens (including phenoxy) is 3. The number of aromatic carboxylic acids is 1. The zero-order valence-corrected chi connectivity index (χ0v) is 10.9. The third-order valence-corrected chi connectivity index (χ3v) is 2.84. The summed E-state index contributed by atoms with van der Waals surface area (Å²) in [6.07, 6.45) is 1.59. The van der Waals surface area contributed by atoms with Gasteiger partial charge < -0.3 is 19.3 Å². The summed E-state index contributed by atoms with van der Waals surface area (Å²) >= 11 is 0. The maximum atomic E-state index is 11.2. The van der Waals surface area contributed by atoms with E-state index in [2.05, 4.69) is 0 Å². The summed E-state index contributed by atoms with van der Waals surface area (Å²) in [7, 11) is 0. The molecule has 5 heteroatoms. The van der Waals surface area contributed by atoms with Gasteiger partial charge in [0.15, 0.2) is 0 Å². The molecule has 0 amide bonds. The van der Waals surface area contributed by atoms with Crippen LogP contribution in [0.2, 0.25) is 0 Å². The molecule has 1 atom stereocenters. The predicted molar refractivity (Wildman–Crippen MR) is 69.0 cm³/mol. The van der Waals surface area contributed by atoms with Crippen molar-refractivity contribution in [2.45, 2.75) is 25.9 Å². The summed E-state index contributed by atoms with van der Waals surface area (Å²) < 4.78 is 16.4. The van der Waals surface area contributed by atoms with Crippen LogP contribution in [0.4, 0.5) is 0 Å². The van der Waals surface area contributed by atoms with E-state index in [1.54, 1.807) is 12.1 Å². The van der Waals surface area contributed by atoms with Crippen LogP contribution in [0, 0.1) is 0 Å². The average Bonchev–Trinajstić information content (AvgIpc) is 2.89.